The van der Waals surface area contributed by atoms with E-state index in [1.165, 1.54) is 0 Å². The van der Waals surface area contributed by atoms with Gasteiger partial charge in [0.05, 0.1) is 33.2 Å². The Morgan fingerprint density at radius 2 is 2.00 bits per heavy atom. The molecule has 3 rings (SSSR count). The van der Waals surface area contributed by atoms with Crippen LogP contribution >= 0.6 is 11.3 Å². The average molecular weight is 311 g/mol. The lowest BCUT2D eigenvalue weighted by Gasteiger charge is -2.05. The molecular weight excluding hydrogens is 294 g/mol. The highest BCUT2D eigenvalue weighted by molar-refractivity contribution is 7.15. The number of thiazole rings is 1. The van der Waals surface area contributed by atoms with Gasteiger partial charge in [-0.25, -0.2) is 15.0 Å². The summed E-state index contributed by atoms with van der Waals surface area (Å²) in [7, 11) is 0. The first-order chi connectivity index (χ1) is 10.6. The van der Waals surface area contributed by atoms with Gasteiger partial charge in [0, 0.05) is 18.3 Å². The Hall–Kier alpha value is -2.34. The largest absolute Gasteiger partial charge is 0.323 e. The van der Waals surface area contributed by atoms with Crippen LogP contribution in [0.2, 0.25) is 0 Å². The van der Waals surface area contributed by atoms with E-state index < -0.39 is 0 Å². The number of nitrogens with zero attached hydrogens (tertiary/aromatic N) is 4. The Labute approximate surface area is 133 Å². The van der Waals surface area contributed by atoms with Crippen molar-refractivity contribution in [3.8, 4) is 10.6 Å². The summed E-state index contributed by atoms with van der Waals surface area (Å²) in [5.74, 6) is 0.983. The molecule has 1 N–H and O–H groups in total. The van der Waals surface area contributed by atoms with Gasteiger partial charge in [-0.05, 0) is 25.1 Å². The number of aromatic nitrogens is 4. The molecule has 3 aromatic heterocycles. The molecule has 0 saturated carbocycles. The van der Waals surface area contributed by atoms with Crippen LogP contribution in [0.25, 0.3) is 10.6 Å². The van der Waals surface area contributed by atoms with Gasteiger partial charge in [-0.3, -0.25) is 4.98 Å². The van der Waals surface area contributed by atoms with Crippen molar-refractivity contribution in [3.63, 3.8) is 0 Å². The second-order valence-corrected chi connectivity index (χ2v) is 6.28. The number of hydrogen-bond donors (Lipinski definition) is 1. The minimum Gasteiger partial charge on any atom is -0.323 e. The van der Waals surface area contributed by atoms with Crippen molar-refractivity contribution in [3.05, 3.63) is 47.5 Å². The van der Waals surface area contributed by atoms with Crippen molar-refractivity contribution >= 4 is 23.0 Å². The second-order valence-electron chi connectivity index (χ2n) is 5.25. The molecule has 0 aliphatic heterocycles. The fraction of sp³-hybridized carbons (Fsp3) is 0.250. The Bertz CT molecular complexity index is 767. The van der Waals surface area contributed by atoms with Crippen LogP contribution in [-0.4, -0.2) is 19.9 Å². The normalized spacial score (nSPS) is 10.9. The predicted octanol–water partition coefficient (Wildman–Crippen LogP) is 4.17. The van der Waals surface area contributed by atoms with Gasteiger partial charge in [0.15, 0.2) is 0 Å². The SMILES string of the molecule is Cc1nc(C(C)C)sc1-c1ccnc(Nc2cccnc2)n1. The molecule has 0 radical (unpaired) electrons. The molecule has 0 aliphatic carbocycles. The highest BCUT2D eigenvalue weighted by Gasteiger charge is 2.13. The van der Waals surface area contributed by atoms with Crippen molar-refractivity contribution in [2.24, 2.45) is 0 Å². The molecule has 0 aromatic carbocycles. The summed E-state index contributed by atoms with van der Waals surface area (Å²) >= 11 is 1.69. The van der Waals surface area contributed by atoms with Gasteiger partial charge in [0.2, 0.25) is 5.95 Å². The lowest BCUT2D eigenvalue weighted by Crippen LogP contribution is -1.97. The minimum absolute atomic E-state index is 0.423. The van der Waals surface area contributed by atoms with Crippen LogP contribution in [0.3, 0.4) is 0 Å². The fourth-order valence-corrected chi connectivity index (χ4v) is 3.05. The van der Waals surface area contributed by atoms with Gasteiger partial charge in [-0.2, -0.15) is 0 Å². The second kappa shape index (κ2) is 6.19. The van der Waals surface area contributed by atoms with Crippen LogP contribution in [0.5, 0.6) is 0 Å². The lowest BCUT2D eigenvalue weighted by atomic mass is 10.2. The van der Waals surface area contributed by atoms with Gasteiger partial charge < -0.3 is 5.32 Å². The van der Waals surface area contributed by atoms with Crippen LogP contribution in [0, 0.1) is 6.92 Å². The van der Waals surface area contributed by atoms with E-state index >= 15 is 0 Å². The maximum atomic E-state index is 4.63. The number of anilines is 2. The highest BCUT2D eigenvalue weighted by Crippen LogP contribution is 2.32. The van der Waals surface area contributed by atoms with Gasteiger partial charge in [-0.1, -0.05) is 13.8 Å². The summed E-state index contributed by atoms with van der Waals surface area (Å²) in [4.78, 5) is 18.7. The van der Waals surface area contributed by atoms with E-state index in [0.717, 1.165) is 27.0 Å². The molecule has 5 nitrogen and oxygen atoms in total. The van der Waals surface area contributed by atoms with E-state index in [9.17, 15) is 0 Å². The molecule has 0 fully saturated rings. The first kappa shape index (κ1) is 14.6. The maximum Gasteiger partial charge on any atom is 0.227 e. The zero-order valence-corrected chi connectivity index (χ0v) is 13.6. The van der Waals surface area contributed by atoms with E-state index in [1.54, 1.807) is 29.9 Å². The van der Waals surface area contributed by atoms with E-state index in [0.29, 0.717) is 11.9 Å². The van der Waals surface area contributed by atoms with Gasteiger partial charge >= 0.3 is 0 Å². The van der Waals surface area contributed by atoms with Crippen LogP contribution in [0.1, 0.15) is 30.5 Å². The molecule has 22 heavy (non-hydrogen) atoms. The van der Waals surface area contributed by atoms with Crippen LogP contribution in [0.15, 0.2) is 36.8 Å². The maximum absolute atomic E-state index is 4.63. The standard InChI is InChI=1S/C16H17N5S/c1-10(2)15-19-11(3)14(22-15)13-6-8-18-16(21-13)20-12-5-4-7-17-9-12/h4-10H,1-3H3,(H,18,20,21). The monoisotopic (exact) mass is 311 g/mol. The van der Waals surface area contributed by atoms with Crippen LogP contribution < -0.4 is 5.32 Å². The van der Waals surface area contributed by atoms with Crippen molar-refractivity contribution in [1.29, 1.82) is 0 Å². The molecule has 3 heterocycles. The first-order valence-corrected chi connectivity index (χ1v) is 7.93. The summed E-state index contributed by atoms with van der Waals surface area (Å²) in [5, 5.41) is 4.29. The molecule has 112 valence electrons. The summed E-state index contributed by atoms with van der Waals surface area (Å²) < 4.78 is 0. The molecule has 0 saturated heterocycles. The third kappa shape index (κ3) is 3.12. The molecular formula is C16H17N5S. The molecule has 6 heteroatoms. The zero-order chi connectivity index (χ0) is 15.5. The van der Waals surface area contributed by atoms with Crippen molar-refractivity contribution in [1.82, 2.24) is 19.9 Å². The van der Waals surface area contributed by atoms with E-state index in [2.05, 4.69) is 39.1 Å². The third-order valence-corrected chi connectivity index (χ3v) is 4.59. The fourth-order valence-electron chi connectivity index (χ4n) is 2.01. The van der Waals surface area contributed by atoms with Crippen molar-refractivity contribution in [2.45, 2.75) is 26.7 Å². The molecule has 0 amide bonds. The molecule has 0 bridgehead atoms. The van der Waals surface area contributed by atoms with E-state index in [-0.39, 0.29) is 0 Å². The van der Waals surface area contributed by atoms with Crippen molar-refractivity contribution < 1.29 is 0 Å². The zero-order valence-electron chi connectivity index (χ0n) is 12.7. The quantitative estimate of drug-likeness (QED) is 0.783. The summed E-state index contributed by atoms with van der Waals surface area (Å²) in [6.45, 7) is 6.32. The number of aryl methyl sites for hydroxylation is 1. The number of pyridine rings is 1. The third-order valence-electron chi connectivity index (χ3n) is 3.11. The Kier molecular flexibility index (Phi) is 4.11. The summed E-state index contributed by atoms with van der Waals surface area (Å²) in [5.41, 5.74) is 2.77. The first-order valence-electron chi connectivity index (χ1n) is 7.11. The van der Waals surface area contributed by atoms with Crippen LogP contribution in [0.4, 0.5) is 11.6 Å². The lowest BCUT2D eigenvalue weighted by molar-refractivity contribution is 0.847. The Balaban J connectivity index is 1.91. The van der Waals surface area contributed by atoms with Crippen molar-refractivity contribution in [2.75, 3.05) is 5.32 Å². The molecule has 0 aliphatic rings. The topological polar surface area (TPSA) is 63.6 Å². The number of hydrogen-bond acceptors (Lipinski definition) is 6. The van der Waals surface area contributed by atoms with Gasteiger partial charge in [0.25, 0.3) is 0 Å². The van der Waals surface area contributed by atoms with Crippen LogP contribution in [-0.2, 0) is 0 Å². The smallest absolute Gasteiger partial charge is 0.227 e. The predicted molar refractivity (Wildman–Crippen MR) is 89.5 cm³/mol. The Morgan fingerprint density at radius 1 is 1.14 bits per heavy atom. The Morgan fingerprint density at radius 3 is 2.68 bits per heavy atom. The van der Waals surface area contributed by atoms with Gasteiger partial charge in [0.1, 0.15) is 0 Å². The molecule has 0 spiro atoms. The molecule has 0 atom stereocenters. The highest BCUT2D eigenvalue weighted by atomic mass is 32.1. The molecule has 0 unspecified atom stereocenters. The average Bonchev–Trinajstić information content (AvgIpc) is 2.91. The number of nitrogens with one attached hydrogen (secondary N) is 1. The summed E-state index contributed by atoms with van der Waals surface area (Å²) in [6.07, 6.45) is 5.23. The van der Waals surface area contributed by atoms with E-state index in [4.69, 9.17) is 0 Å². The minimum atomic E-state index is 0.423. The molecule has 3 aromatic rings. The van der Waals surface area contributed by atoms with Gasteiger partial charge in [-0.15, -0.1) is 11.3 Å². The number of rotatable bonds is 4. The summed E-state index contributed by atoms with van der Waals surface area (Å²) in [6, 6.07) is 5.71. The van der Waals surface area contributed by atoms with E-state index in [1.807, 2.05) is 25.1 Å².